The first-order chi connectivity index (χ1) is 5.84. The van der Waals surface area contributed by atoms with Crippen molar-refractivity contribution in [2.24, 2.45) is 10.9 Å². The number of thiocarbonyl (C=S) groups is 1. The Morgan fingerprint density at radius 2 is 2.50 bits per heavy atom. The summed E-state index contributed by atoms with van der Waals surface area (Å²) in [7, 11) is 0. The van der Waals surface area contributed by atoms with Crippen molar-refractivity contribution in [1.29, 1.82) is 0 Å². The zero-order chi connectivity index (χ0) is 8.81. The summed E-state index contributed by atoms with van der Waals surface area (Å²) in [4.78, 5) is 14.9. The van der Waals surface area contributed by atoms with Crippen molar-refractivity contribution >= 4 is 23.2 Å². The van der Waals surface area contributed by atoms with Crippen LogP contribution in [-0.4, -0.2) is 17.5 Å². The summed E-state index contributed by atoms with van der Waals surface area (Å²) in [6.45, 7) is 0.159. The third-order valence-corrected chi connectivity index (χ3v) is 1.82. The van der Waals surface area contributed by atoms with Gasteiger partial charge in [0.1, 0.15) is 6.54 Å². The molecule has 62 valence electrons. The molecule has 0 heterocycles. The highest BCUT2D eigenvalue weighted by molar-refractivity contribution is 7.78. The Labute approximate surface area is 76.7 Å². The maximum atomic E-state index is 11.3. The van der Waals surface area contributed by atoms with Gasteiger partial charge in [-0.1, -0.05) is 24.3 Å². The molecular weight excluding hydrogens is 170 g/mol. The largest absolute Gasteiger partial charge is 0.297 e. The maximum Gasteiger partial charge on any atom is 0.162 e. The van der Waals surface area contributed by atoms with E-state index >= 15 is 0 Å². The molecule has 0 aromatic carbocycles. The van der Waals surface area contributed by atoms with Gasteiger partial charge in [0.25, 0.3) is 0 Å². The quantitative estimate of drug-likeness (QED) is 0.488. The summed E-state index contributed by atoms with van der Waals surface area (Å²) < 4.78 is 0. The van der Waals surface area contributed by atoms with Crippen molar-refractivity contribution in [2.45, 2.75) is 6.42 Å². The van der Waals surface area contributed by atoms with E-state index in [1.165, 1.54) is 0 Å². The Morgan fingerprint density at radius 3 is 3.08 bits per heavy atom. The summed E-state index contributed by atoms with van der Waals surface area (Å²) in [5.74, 6) is 0.0926. The van der Waals surface area contributed by atoms with Crippen molar-refractivity contribution in [3.63, 3.8) is 0 Å². The molecule has 0 bridgehead atoms. The Hall–Kier alpha value is -1.05. The van der Waals surface area contributed by atoms with Gasteiger partial charge < -0.3 is 0 Å². The van der Waals surface area contributed by atoms with Gasteiger partial charge in [-0.2, -0.15) is 0 Å². The summed E-state index contributed by atoms with van der Waals surface area (Å²) in [5, 5.41) is 2.18. The first-order valence-electron chi connectivity index (χ1n) is 3.74. The fraction of sp³-hybridized carbons (Fsp3) is 0.333. The van der Waals surface area contributed by atoms with E-state index in [9.17, 15) is 4.79 Å². The smallest absolute Gasteiger partial charge is 0.162 e. The lowest BCUT2D eigenvalue weighted by atomic mass is 9.96. The van der Waals surface area contributed by atoms with Gasteiger partial charge in [-0.05, 0) is 18.6 Å². The molecule has 0 spiro atoms. The highest BCUT2D eigenvalue weighted by Gasteiger charge is 2.13. The molecule has 1 unspecified atom stereocenters. The predicted molar refractivity (Wildman–Crippen MR) is 51.3 cm³/mol. The normalized spacial score (nSPS) is 20.2. The van der Waals surface area contributed by atoms with Crippen LogP contribution < -0.4 is 0 Å². The molecule has 0 radical (unpaired) electrons. The molecule has 0 aromatic heterocycles. The number of allylic oxidation sites excluding steroid dienone is 4. The Kier molecular flexibility index (Phi) is 3.58. The summed E-state index contributed by atoms with van der Waals surface area (Å²) in [6.07, 6.45) is 8.46. The molecule has 0 fully saturated rings. The highest BCUT2D eigenvalue weighted by Crippen LogP contribution is 2.12. The molecule has 3 heteroatoms. The zero-order valence-corrected chi connectivity index (χ0v) is 7.38. The van der Waals surface area contributed by atoms with Crippen molar-refractivity contribution in [2.75, 3.05) is 6.54 Å². The maximum absolute atomic E-state index is 11.3. The summed E-state index contributed by atoms with van der Waals surface area (Å²) >= 11 is 4.37. The fourth-order valence-electron chi connectivity index (χ4n) is 1.05. The van der Waals surface area contributed by atoms with Crippen molar-refractivity contribution in [1.82, 2.24) is 0 Å². The average Bonchev–Trinajstić information content (AvgIpc) is 2.15. The molecule has 0 N–H and O–H groups in total. The van der Waals surface area contributed by atoms with Crippen LogP contribution >= 0.6 is 12.2 Å². The third kappa shape index (κ3) is 2.53. The second kappa shape index (κ2) is 4.75. The van der Waals surface area contributed by atoms with Gasteiger partial charge in [-0.15, -0.1) is 0 Å². The van der Waals surface area contributed by atoms with E-state index < -0.39 is 0 Å². The molecule has 1 aliphatic carbocycles. The molecule has 0 amide bonds. The molecule has 2 nitrogen and oxygen atoms in total. The fourth-order valence-corrected chi connectivity index (χ4v) is 1.11. The molecule has 1 rings (SSSR count). The summed E-state index contributed by atoms with van der Waals surface area (Å²) in [6, 6.07) is 0. The van der Waals surface area contributed by atoms with Gasteiger partial charge >= 0.3 is 0 Å². The van der Waals surface area contributed by atoms with Gasteiger partial charge in [0.05, 0.1) is 5.16 Å². The second-order valence-corrected chi connectivity index (χ2v) is 2.71. The number of hydrogen-bond acceptors (Lipinski definition) is 3. The number of isothiocyanates is 1. The van der Waals surface area contributed by atoms with Crippen LogP contribution in [-0.2, 0) is 4.79 Å². The van der Waals surface area contributed by atoms with E-state index in [2.05, 4.69) is 22.4 Å². The van der Waals surface area contributed by atoms with Gasteiger partial charge in [-0.3, -0.25) is 4.79 Å². The first kappa shape index (κ1) is 9.04. The molecule has 0 saturated heterocycles. The van der Waals surface area contributed by atoms with E-state index in [-0.39, 0.29) is 18.2 Å². The second-order valence-electron chi connectivity index (χ2n) is 2.53. The van der Waals surface area contributed by atoms with Crippen LogP contribution in [0.1, 0.15) is 6.42 Å². The number of hydrogen-bond donors (Lipinski definition) is 0. The number of rotatable bonds is 3. The van der Waals surface area contributed by atoms with E-state index in [1.54, 1.807) is 0 Å². The summed E-state index contributed by atoms with van der Waals surface area (Å²) in [5.41, 5.74) is 0. The standard InChI is InChI=1S/C9H9NOS/c11-9(6-10-7-12)8-4-2-1-3-5-8/h1-4,8H,5-6H2. The molecule has 0 aromatic rings. The zero-order valence-electron chi connectivity index (χ0n) is 6.56. The minimum Gasteiger partial charge on any atom is -0.297 e. The van der Waals surface area contributed by atoms with Crippen LogP contribution in [0.15, 0.2) is 29.3 Å². The first-order valence-corrected chi connectivity index (χ1v) is 4.15. The van der Waals surface area contributed by atoms with Crippen LogP contribution in [0.3, 0.4) is 0 Å². The minimum atomic E-state index is -0.0119. The van der Waals surface area contributed by atoms with Gasteiger partial charge in [-0.25, -0.2) is 4.99 Å². The van der Waals surface area contributed by atoms with Crippen molar-refractivity contribution < 1.29 is 4.79 Å². The predicted octanol–water partition coefficient (Wildman–Crippen LogP) is 1.79. The number of aliphatic imine (C=N–C) groups is 1. The molecule has 12 heavy (non-hydrogen) atoms. The Morgan fingerprint density at radius 1 is 1.67 bits per heavy atom. The third-order valence-electron chi connectivity index (χ3n) is 1.69. The van der Waals surface area contributed by atoms with Gasteiger partial charge in [0, 0.05) is 5.92 Å². The number of carbonyl (C=O) groups is 1. The lowest BCUT2D eigenvalue weighted by Crippen LogP contribution is -2.15. The molecule has 1 atom stereocenters. The van der Waals surface area contributed by atoms with Crippen LogP contribution in [0.2, 0.25) is 0 Å². The van der Waals surface area contributed by atoms with Crippen LogP contribution in [0.4, 0.5) is 0 Å². The number of nitrogens with zero attached hydrogens (tertiary/aromatic N) is 1. The van der Waals surface area contributed by atoms with E-state index in [4.69, 9.17) is 0 Å². The lowest BCUT2D eigenvalue weighted by molar-refractivity contribution is -0.120. The van der Waals surface area contributed by atoms with E-state index in [0.717, 1.165) is 6.42 Å². The number of ketones is 1. The topological polar surface area (TPSA) is 29.4 Å². The van der Waals surface area contributed by atoms with Crippen LogP contribution in [0.5, 0.6) is 0 Å². The molecule has 0 saturated carbocycles. The average molecular weight is 179 g/mol. The highest BCUT2D eigenvalue weighted by atomic mass is 32.1. The molecular formula is C9H9NOS. The van der Waals surface area contributed by atoms with Crippen molar-refractivity contribution in [3.8, 4) is 0 Å². The van der Waals surface area contributed by atoms with Crippen LogP contribution in [0, 0.1) is 5.92 Å². The van der Waals surface area contributed by atoms with Crippen LogP contribution in [0.25, 0.3) is 0 Å². The van der Waals surface area contributed by atoms with Gasteiger partial charge in [0.2, 0.25) is 0 Å². The SMILES string of the molecule is O=C(CN=C=S)C1C=CC=CC1. The monoisotopic (exact) mass is 179 g/mol. The van der Waals surface area contributed by atoms with E-state index in [0.29, 0.717) is 0 Å². The number of carbonyl (C=O) groups excluding carboxylic acids is 1. The minimum absolute atomic E-state index is 0.0119. The lowest BCUT2D eigenvalue weighted by Gasteiger charge is -2.08. The molecule has 1 aliphatic rings. The Balaban J connectivity index is 2.47. The number of Topliss-reactive ketones (excluding diaryl/α,β-unsaturated/α-hetero) is 1. The van der Waals surface area contributed by atoms with Crippen molar-refractivity contribution in [3.05, 3.63) is 24.3 Å². The Bertz CT molecular complexity index is 274. The molecule has 0 aliphatic heterocycles. The van der Waals surface area contributed by atoms with E-state index in [1.807, 2.05) is 24.3 Å². The van der Waals surface area contributed by atoms with Gasteiger partial charge in [0.15, 0.2) is 5.78 Å².